The lowest BCUT2D eigenvalue weighted by Gasteiger charge is -1.87. The van der Waals surface area contributed by atoms with Gasteiger partial charge in [0.15, 0.2) is 0 Å². The van der Waals surface area contributed by atoms with Crippen LogP contribution in [0.3, 0.4) is 0 Å². The van der Waals surface area contributed by atoms with Gasteiger partial charge in [0, 0.05) is 6.07 Å². The summed E-state index contributed by atoms with van der Waals surface area (Å²) in [6.45, 7) is -0.256. The van der Waals surface area contributed by atoms with E-state index in [1.54, 1.807) is 5.38 Å². The van der Waals surface area contributed by atoms with Crippen molar-refractivity contribution in [3.8, 4) is 0 Å². The lowest BCUT2D eigenvalue weighted by molar-refractivity contribution is -0.385. The molecule has 1 N–H and O–H groups in total. The van der Waals surface area contributed by atoms with Crippen molar-refractivity contribution in [1.29, 1.82) is 0 Å². The van der Waals surface area contributed by atoms with Crippen LogP contribution < -0.4 is 0 Å². The van der Waals surface area contributed by atoms with Crippen LogP contribution in [0, 0.1) is 10.1 Å². The number of nitrogens with zero attached hydrogens (tertiary/aromatic N) is 1. The van der Waals surface area contributed by atoms with Gasteiger partial charge in [0.05, 0.1) is 11.5 Å². The Bertz CT molecular complexity index is 245. The van der Waals surface area contributed by atoms with Gasteiger partial charge < -0.3 is 5.11 Å². The maximum absolute atomic E-state index is 10.1. The van der Waals surface area contributed by atoms with E-state index < -0.39 is 4.92 Å². The summed E-state index contributed by atoms with van der Waals surface area (Å²) in [5.74, 6) is 0. The molecule has 10 heavy (non-hydrogen) atoms. The first kappa shape index (κ1) is 7.17. The van der Waals surface area contributed by atoms with Crippen molar-refractivity contribution < 1.29 is 10.0 Å². The average molecular weight is 159 g/mol. The van der Waals surface area contributed by atoms with Crippen molar-refractivity contribution in [3.63, 3.8) is 0 Å². The van der Waals surface area contributed by atoms with Crippen molar-refractivity contribution in [2.45, 2.75) is 6.61 Å². The van der Waals surface area contributed by atoms with Crippen LogP contribution >= 0.6 is 11.3 Å². The summed E-state index contributed by atoms with van der Waals surface area (Å²) in [6.07, 6.45) is 0. The Balaban J connectivity index is 3.01. The van der Waals surface area contributed by atoms with Gasteiger partial charge in [-0.2, -0.15) is 0 Å². The van der Waals surface area contributed by atoms with E-state index in [2.05, 4.69) is 0 Å². The highest BCUT2D eigenvalue weighted by molar-refractivity contribution is 7.10. The zero-order chi connectivity index (χ0) is 7.56. The first-order valence-electron chi connectivity index (χ1n) is 2.57. The van der Waals surface area contributed by atoms with Gasteiger partial charge in [0.25, 0.3) is 5.69 Å². The van der Waals surface area contributed by atoms with Crippen molar-refractivity contribution in [2.24, 2.45) is 0 Å². The molecule has 0 bridgehead atoms. The maximum atomic E-state index is 10.1. The molecule has 0 aliphatic heterocycles. The summed E-state index contributed by atoms with van der Waals surface area (Å²) in [5, 5.41) is 20.3. The minimum atomic E-state index is -0.498. The minimum Gasteiger partial charge on any atom is -0.391 e. The SMILES string of the molecule is O=[N+]([O-])c1ccsc1CO. The number of aliphatic hydroxyl groups excluding tert-OH is 1. The highest BCUT2D eigenvalue weighted by atomic mass is 32.1. The molecule has 0 atom stereocenters. The molecule has 0 amide bonds. The second kappa shape index (κ2) is 2.76. The Hall–Kier alpha value is -0.940. The number of hydrogen-bond donors (Lipinski definition) is 1. The standard InChI is InChI=1S/C5H5NO3S/c7-3-5-4(6(8)9)1-2-10-5/h1-2,7H,3H2. The summed E-state index contributed by atoms with van der Waals surface area (Å²) in [4.78, 5) is 10.1. The Morgan fingerprint density at radius 1 is 1.80 bits per heavy atom. The van der Waals surface area contributed by atoms with Crippen LogP contribution in [-0.2, 0) is 6.61 Å². The third kappa shape index (κ3) is 1.14. The van der Waals surface area contributed by atoms with Crippen LogP contribution in [0.4, 0.5) is 5.69 Å². The van der Waals surface area contributed by atoms with E-state index in [4.69, 9.17) is 5.11 Å². The van der Waals surface area contributed by atoms with Crippen LogP contribution in [0.15, 0.2) is 11.4 Å². The van der Waals surface area contributed by atoms with Crippen molar-refractivity contribution in [3.05, 3.63) is 26.4 Å². The van der Waals surface area contributed by atoms with Gasteiger partial charge in [-0.1, -0.05) is 0 Å². The summed E-state index contributed by atoms with van der Waals surface area (Å²) in [6, 6.07) is 1.39. The molecule has 0 spiro atoms. The average Bonchev–Trinajstić information content (AvgIpc) is 2.33. The first-order valence-corrected chi connectivity index (χ1v) is 3.45. The monoisotopic (exact) mass is 159 g/mol. The molecular formula is C5H5NO3S. The number of aliphatic hydroxyl groups is 1. The first-order chi connectivity index (χ1) is 4.75. The van der Waals surface area contributed by atoms with Gasteiger partial charge in [-0.15, -0.1) is 11.3 Å². The second-order valence-corrected chi connectivity index (χ2v) is 2.64. The zero-order valence-electron chi connectivity index (χ0n) is 4.98. The van der Waals surface area contributed by atoms with Crippen LogP contribution in [0.2, 0.25) is 0 Å². The van der Waals surface area contributed by atoms with E-state index in [-0.39, 0.29) is 12.3 Å². The van der Waals surface area contributed by atoms with E-state index in [1.807, 2.05) is 0 Å². The largest absolute Gasteiger partial charge is 0.391 e. The molecular weight excluding hydrogens is 154 g/mol. The van der Waals surface area contributed by atoms with E-state index in [9.17, 15) is 10.1 Å². The van der Waals surface area contributed by atoms with Crippen LogP contribution in [0.5, 0.6) is 0 Å². The lowest BCUT2D eigenvalue weighted by atomic mass is 10.4. The van der Waals surface area contributed by atoms with Gasteiger partial charge in [-0.25, -0.2) is 0 Å². The molecule has 1 heterocycles. The maximum Gasteiger partial charge on any atom is 0.285 e. The van der Waals surface area contributed by atoms with Crippen molar-refractivity contribution >= 4 is 17.0 Å². The van der Waals surface area contributed by atoms with E-state index >= 15 is 0 Å². The van der Waals surface area contributed by atoms with Crippen LogP contribution in [0.1, 0.15) is 4.88 Å². The highest BCUT2D eigenvalue weighted by Gasteiger charge is 2.12. The molecule has 0 aliphatic rings. The normalized spacial score (nSPS) is 9.70. The summed E-state index contributed by atoms with van der Waals surface area (Å²) < 4.78 is 0. The molecule has 0 unspecified atom stereocenters. The fraction of sp³-hybridized carbons (Fsp3) is 0.200. The molecule has 0 aromatic carbocycles. The van der Waals surface area contributed by atoms with Crippen LogP contribution in [-0.4, -0.2) is 10.0 Å². The van der Waals surface area contributed by atoms with Crippen molar-refractivity contribution in [1.82, 2.24) is 0 Å². The van der Waals surface area contributed by atoms with Crippen molar-refractivity contribution in [2.75, 3.05) is 0 Å². The Morgan fingerprint density at radius 2 is 2.50 bits per heavy atom. The summed E-state index contributed by atoms with van der Waals surface area (Å²) in [7, 11) is 0. The summed E-state index contributed by atoms with van der Waals surface area (Å²) in [5.41, 5.74) is 0.00694. The van der Waals surface area contributed by atoms with Gasteiger partial charge in [0.1, 0.15) is 4.88 Å². The number of nitro groups is 1. The van der Waals surface area contributed by atoms with Crippen LogP contribution in [0.25, 0.3) is 0 Å². The Morgan fingerprint density at radius 3 is 2.90 bits per heavy atom. The number of thiophene rings is 1. The molecule has 0 saturated carbocycles. The molecule has 1 rings (SSSR count). The van der Waals surface area contributed by atoms with E-state index in [1.165, 1.54) is 17.4 Å². The lowest BCUT2D eigenvalue weighted by Crippen LogP contribution is -1.89. The predicted octanol–water partition coefficient (Wildman–Crippen LogP) is 1.15. The fourth-order valence-corrected chi connectivity index (χ4v) is 1.31. The molecule has 0 aliphatic carbocycles. The van der Waals surface area contributed by atoms with E-state index in [0.29, 0.717) is 4.88 Å². The van der Waals surface area contributed by atoms with Gasteiger partial charge in [0.2, 0.25) is 0 Å². The van der Waals surface area contributed by atoms with E-state index in [0.717, 1.165) is 0 Å². The molecule has 0 radical (unpaired) electrons. The zero-order valence-corrected chi connectivity index (χ0v) is 5.80. The number of rotatable bonds is 2. The molecule has 0 fully saturated rings. The summed E-state index contributed by atoms with van der Waals surface area (Å²) >= 11 is 1.19. The molecule has 1 aromatic heterocycles. The third-order valence-electron chi connectivity index (χ3n) is 1.06. The van der Waals surface area contributed by atoms with Gasteiger partial charge in [-0.3, -0.25) is 10.1 Å². The number of hydrogen-bond acceptors (Lipinski definition) is 4. The molecule has 0 saturated heterocycles. The Kier molecular flexibility index (Phi) is 1.98. The molecule has 1 aromatic rings. The Labute approximate surface area is 60.9 Å². The fourth-order valence-electron chi connectivity index (χ4n) is 0.615. The molecule has 4 nitrogen and oxygen atoms in total. The smallest absolute Gasteiger partial charge is 0.285 e. The molecule has 54 valence electrons. The molecule has 5 heteroatoms. The van der Waals surface area contributed by atoms with Gasteiger partial charge in [-0.05, 0) is 5.38 Å². The van der Waals surface area contributed by atoms with Gasteiger partial charge >= 0.3 is 0 Å². The minimum absolute atomic E-state index is 0.00694. The predicted molar refractivity (Wildman–Crippen MR) is 36.9 cm³/mol. The third-order valence-corrected chi connectivity index (χ3v) is 1.96. The topological polar surface area (TPSA) is 63.4 Å². The highest BCUT2D eigenvalue weighted by Crippen LogP contribution is 2.23. The second-order valence-electron chi connectivity index (χ2n) is 1.64. The quantitative estimate of drug-likeness (QED) is 0.520.